The number of benzene rings is 1. The molecule has 4 aromatic rings. The van der Waals surface area contributed by atoms with Gasteiger partial charge in [-0.15, -0.1) is 0 Å². The van der Waals surface area contributed by atoms with Crippen LogP contribution >= 0.6 is 0 Å². The molecule has 6 rings (SSSR count). The molecule has 0 saturated heterocycles. The van der Waals surface area contributed by atoms with E-state index in [4.69, 9.17) is 4.98 Å². The molecule has 1 aromatic carbocycles. The third-order valence-corrected chi connectivity index (χ3v) is 7.41. The Balaban J connectivity index is 1.40. The number of hydrogen-bond acceptors (Lipinski definition) is 7. The van der Waals surface area contributed by atoms with Crippen LogP contribution in [0.1, 0.15) is 56.5 Å². The van der Waals surface area contributed by atoms with Crippen molar-refractivity contribution in [2.75, 3.05) is 18.4 Å². The topological polar surface area (TPSA) is 92.9 Å². The van der Waals surface area contributed by atoms with Crippen LogP contribution in [-0.2, 0) is 19.5 Å². The zero-order valence-electron chi connectivity index (χ0n) is 21.7. The molecular formula is C28H34N8O. The van der Waals surface area contributed by atoms with Gasteiger partial charge in [-0.05, 0) is 81.6 Å². The van der Waals surface area contributed by atoms with Crippen LogP contribution in [0.15, 0.2) is 47.5 Å². The number of hydrogen-bond donors (Lipinski definition) is 2. The van der Waals surface area contributed by atoms with Crippen LogP contribution < -0.4 is 16.2 Å². The summed E-state index contributed by atoms with van der Waals surface area (Å²) < 4.78 is 3.82. The van der Waals surface area contributed by atoms with E-state index < -0.39 is 0 Å². The number of nitrogens with one attached hydrogen (secondary N) is 2. The van der Waals surface area contributed by atoms with Gasteiger partial charge in [0.2, 0.25) is 5.95 Å². The Hall–Kier alpha value is -3.56. The van der Waals surface area contributed by atoms with Crippen LogP contribution in [0, 0.1) is 0 Å². The van der Waals surface area contributed by atoms with Gasteiger partial charge < -0.3 is 10.6 Å². The van der Waals surface area contributed by atoms with Crippen LogP contribution in [0.3, 0.4) is 0 Å². The Morgan fingerprint density at radius 2 is 2.03 bits per heavy atom. The van der Waals surface area contributed by atoms with Crippen LogP contribution in [0.5, 0.6) is 0 Å². The van der Waals surface area contributed by atoms with Gasteiger partial charge in [-0.25, -0.2) is 14.3 Å². The van der Waals surface area contributed by atoms with Crippen molar-refractivity contribution in [3.8, 4) is 5.69 Å². The van der Waals surface area contributed by atoms with Gasteiger partial charge in [-0.3, -0.25) is 14.7 Å². The van der Waals surface area contributed by atoms with E-state index in [1.807, 2.05) is 21.6 Å². The zero-order chi connectivity index (χ0) is 25.5. The smallest absolute Gasteiger partial charge is 0.278 e. The van der Waals surface area contributed by atoms with E-state index >= 15 is 0 Å². The molecule has 0 amide bonds. The van der Waals surface area contributed by atoms with Crippen molar-refractivity contribution < 1.29 is 0 Å². The molecule has 0 radical (unpaired) electrons. The number of nitrogens with zero attached hydrogens (tertiary/aromatic N) is 6. The number of aromatic nitrogens is 5. The van der Waals surface area contributed by atoms with Crippen LogP contribution in [-0.4, -0.2) is 48.3 Å². The standard InChI is InChI=1S/C28H34N8O/c1-4-34(18(2)3)17-22-14-24(10-12-30-22)35-26-25(27(37)36(35)23-7-8-23)16-31-28(33-26)32-21-6-5-19-9-11-29-15-20(19)13-21/h5-6,10,12-14,16,18,23,29H,4,7-9,11,15,17H2,1-3H3,(H,31,32,33). The van der Waals surface area contributed by atoms with E-state index in [2.05, 4.69) is 70.5 Å². The minimum Gasteiger partial charge on any atom is -0.324 e. The largest absolute Gasteiger partial charge is 0.324 e. The van der Waals surface area contributed by atoms with Crippen molar-refractivity contribution in [2.24, 2.45) is 0 Å². The summed E-state index contributed by atoms with van der Waals surface area (Å²) >= 11 is 0. The first-order valence-corrected chi connectivity index (χ1v) is 13.3. The summed E-state index contributed by atoms with van der Waals surface area (Å²) in [5.41, 5.74) is 6.05. The molecule has 2 aliphatic rings. The summed E-state index contributed by atoms with van der Waals surface area (Å²) in [6, 6.07) is 11.0. The molecule has 0 bridgehead atoms. The van der Waals surface area contributed by atoms with Gasteiger partial charge >= 0.3 is 0 Å². The second-order valence-electron chi connectivity index (χ2n) is 10.3. The molecule has 37 heavy (non-hydrogen) atoms. The predicted octanol–water partition coefficient (Wildman–Crippen LogP) is 3.93. The fourth-order valence-corrected chi connectivity index (χ4v) is 5.20. The molecule has 9 nitrogen and oxygen atoms in total. The average molecular weight is 499 g/mol. The summed E-state index contributed by atoms with van der Waals surface area (Å²) in [4.78, 5) is 29.8. The molecule has 1 fully saturated rings. The van der Waals surface area contributed by atoms with Crippen molar-refractivity contribution in [3.05, 3.63) is 69.9 Å². The Kier molecular flexibility index (Phi) is 6.26. The predicted molar refractivity (Wildman–Crippen MR) is 146 cm³/mol. The molecule has 1 aliphatic carbocycles. The molecule has 4 heterocycles. The lowest BCUT2D eigenvalue weighted by atomic mass is 10.0. The SMILES string of the molecule is CCN(Cc1cc(-n2c3nc(Nc4ccc5c(c4)CNCC5)ncc3c(=O)n2C2CC2)ccn1)C(C)C. The summed E-state index contributed by atoms with van der Waals surface area (Å²) in [6.45, 7) is 10.1. The van der Waals surface area contributed by atoms with E-state index in [-0.39, 0.29) is 11.6 Å². The van der Waals surface area contributed by atoms with Crippen molar-refractivity contribution in [3.63, 3.8) is 0 Å². The number of pyridine rings is 1. The minimum absolute atomic E-state index is 0.0420. The fourth-order valence-electron chi connectivity index (χ4n) is 5.20. The molecule has 0 spiro atoms. The third kappa shape index (κ3) is 4.65. The lowest BCUT2D eigenvalue weighted by Gasteiger charge is -2.24. The summed E-state index contributed by atoms with van der Waals surface area (Å²) in [6.07, 6.45) is 6.51. The van der Waals surface area contributed by atoms with Gasteiger partial charge in [0, 0.05) is 37.2 Å². The third-order valence-electron chi connectivity index (χ3n) is 7.41. The highest BCUT2D eigenvalue weighted by Crippen LogP contribution is 2.35. The highest BCUT2D eigenvalue weighted by molar-refractivity contribution is 5.77. The van der Waals surface area contributed by atoms with E-state index in [0.29, 0.717) is 23.0 Å². The van der Waals surface area contributed by atoms with Crippen molar-refractivity contribution in [2.45, 2.75) is 65.2 Å². The van der Waals surface area contributed by atoms with Gasteiger partial charge in [0.25, 0.3) is 5.56 Å². The van der Waals surface area contributed by atoms with E-state index in [0.717, 1.165) is 62.5 Å². The highest BCUT2D eigenvalue weighted by atomic mass is 16.1. The summed E-state index contributed by atoms with van der Waals surface area (Å²) in [5, 5.41) is 7.32. The molecule has 9 heteroatoms. The van der Waals surface area contributed by atoms with Gasteiger partial charge in [0.1, 0.15) is 5.39 Å². The van der Waals surface area contributed by atoms with Crippen molar-refractivity contribution >= 4 is 22.7 Å². The Morgan fingerprint density at radius 3 is 2.81 bits per heavy atom. The zero-order valence-corrected chi connectivity index (χ0v) is 21.7. The molecule has 0 unspecified atom stereocenters. The van der Waals surface area contributed by atoms with E-state index in [1.165, 1.54) is 11.1 Å². The Bertz CT molecular complexity index is 1500. The molecule has 0 atom stereocenters. The second-order valence-corrected chi connectivity index (χ2v) is 10.3. The lowest BCUT2D eigenvalue weighted by molar-refractivity contribution is 0.222. The fraction of sp³-hybridized carbons (Fsp3) is 0.429. The summed E-state index contributed by atoms with van der Waals surface area (Å²) in [7, 11) is 0. The number of fused-ring (bicyclic) bond motifs is 2. The molecule has 192 valence electrons. The normalized spacial score (nSPS) is 15.5. The van der Waals surface area contributed by atoms with Crippen LogP contribution in [0.25, 0.3) is 16.7 Å². The minimum atomic E-state index is -0.0420. The van der Waals surface area contributed by atoms with Crippen molar-refractivity contribution in [1.82, 2.24) is 34.5 Å². The van der Waals surface area contributed by atoms with Gasteiger partial charge in [0.15, 0.2) is 5.65 Å². The van der Waals surface area contributed by atoms with Crippen molar-refractivity contribution in [1.29, 1.82) is 0 Å². The molecule has 2 N–H and O–H groups in total. The van der Waals surface area contributed by atoms with Crippen LogP contribution in [0.4, 0.5) is 11.6 Å². The van der Waals surface area contributed by atoms with Crippen LogP contribution in [0.2, 0.25) is 0 Å². The highest BCUT2D eigenvalue weighted by Gasteiger charge is 2.31. The van der Waals surface area contributed by atoms with Gasteiger partial charge in [-0.2, -0.15) is 4.98 Å². The average Bonchev–Trinajstić information content (AvgIpc) is 3.71. The lowest BCUT2D eigenvalue weighted by Crippen LogP contribution is -2.30. The molecule has 1 aliphatic heterocycles. The quantitative estimate of drug-likeness (QED) is 0.380. The van der Waals surface area contributed by atoms with E-state index in [9.17, 15) is 4.79 Å². The Labute approximate surface area is 216 Å². The maximum atomic E-state index is 13.4. The molecule has 1 saturated carbocycles. The molecular weight excluding hydrogens is 464 g/mol. The first-order chi connectivity index (χ1) is 18.0. The van der Waals surface area contributed by atoms with E-state index in [1.54, 1.807) is 6.20 Å². The maximum absolute atomic E-state index is 13.4. The summed E-state index contributed by atoms with van der Waals surface area (Å²) in [5.74, 6) is 0.476. The Morgan fingerprint density at radius 1 is 1.16 bits per heavy atom. The van der Waals surface area contributed by atoms with Gasteiger partial charge in [-0.1, -0.05) is 13.0 Å². The number of rotatable bonds is 8. The second kappa shape index (κ2) is 9.72. The van der Waals surface area contributed by atoms with Gasteiger partial charge in [0.05, 0.1) is 17.4 Å². The first kappa shape index (κ1) is 23.8. The monoisotopic (exact) mass is 498 g/mol. The first-order valence-electron chi connectivity index (χ1n) is 13.3. The maximum Gasteiger partial charge on any atom is 0.278 e. The molecule has 3 aromatic heterocycles. The number of anilines is 2.